The summed E-state index contributed by atoms with van der Waals surface area (Å²) >= 11 is 0. The first-order valence-corrected chi connectivity index (χ1v) is 13.5. The summed E-state index contributed by atoms with van der Waals surface area (Å²) in [6.07, 6.45) is 13.7. The molecule has 7 heteroatoms. The Hall–Kier alpha value is -1.60. The first-order valence-electron chi connectivity index (χ1n) is 13.5. The third-order valence-corrected chi connectivity index (χ3v) is 8.67. The summed E-state index contributed by atoms with van der Waals surface area (Å²) in [5, 5.41) is 33.9. The van der Waals surface area contributed by atoms with Gasteiger partial charge in [-0.05, 0) is 77.0 Å². The molecule has 2 aliphatic carbocycles. The van der Waals surface area contributed by atoms with Gasteiger partial charge in [0.2, 0.25) is 0 Å². The number of aliphatic carboxylic acids is 1. The summed E-state index contributed by atoms with van der Waals surface area (Å²) in [6.45, 7) is 7.00. The summed E-state index contributed by atoms with van der Waals surface area (Å²) in [7, 11) is 0. The highest BCUT2D eigenvalue weighted by Gasteiger charge is 2.34. The van der Waals surface area contributed by atoms with Gasteiger partial charge >= 0.3 is 5.97 Å². The minimum Gasteiger partial charge on any atom is -0.481 e. The number of hydrogen-bond acceptors (Lipinski definition) is 5. The van der Waals surface area contributed by atoms with Crippen LogP contribution in [0.1, 0.15) is 105 Å². The smallest absolute Gasteiger partial charge is 0.309 e. The standard InChI is InChI=1S/C28H47NO6/c1-27(2,25(32)29-35)17-7-13-19-9-5-11-21(23(19)30)15-16-22-12-6-10-20(24(22)31)14-8-18-28(3,4)26(33)34/h15-16,19-24,30-31H,5-14,17-18H2,1-4H3,(H,33,34)/b16-15-. The van der Waals surface area contributed by atoms with Gasteiger partial charge in [0.25, 0.3) is 5.91 Å². The SMILES string of the molecule is CC(C)(CCCC1CCCC(/C=C\C2CCCC(CCCC(C)(C)C(=O)N=O)C2O)C1O)C(=O)O. The van der Waals surface area contributed by atoms with Crippen LogP contribution in [0.2, 0.25) is 0 Å². The Labute approximate surface area is 210 Å². The molecule has 0 radical (unpaired) electrons. The van der Waals surface area contributed by atoms with Crippen molar-refractivity contribution in [1.29, 1.82) is 0 Å². The fourth-order valence-corrected chi connectivity index (χ4v) is 5.90. The van der Waals surface area contributed by atoms with Gasteiger partial charge in [-0.3, -0.25) is 9.59 Å². The predicted octanol–water partition coefficient (Wildman–Crippen LogP) is 5.87. The van der Waals surface area contributed by atoms with E-state index < -0.39 is 34.9 Å². The van der Waals surface area contributed by atoms with Gasteiger partial charge in [-0.2, -0.15) is 0 Å². The topological polar surface area (TPSA) is 124 Å². The number of rotatable bonds is 12. The van der Waals surface area contributed by atoms with Crippen molar-refractivity contribution in [1.82, 2.24) is 0 Å². The molecular weight excluding hydrogens is 446 g/mol. The Bertz CT molecular complexity index is 746. The molecule has 2 fully saturated rings. The Morgan fingerprint density at radius 2 is 1.23 bits per heavy atom. The van der Waals surface area contributed by atoms with Gasteiger partial charge in [0.15, 0.2) is 0 Å². The first-order chi connectivity index (χ1) is 16.4. The molecule has 0 heterocycles. The Balaban J connectivity index is 1.86. The first kappa shape index (κ1) is 29.6. The molecule has 7 nitrogen and oxygen atoms in total. The minimum absolute atomic E-state index is 0.0731. The van der Waals surface area contributed by atoms with Gasteiger partial charge in [-0.1, -0.05) is 51.7 Å². The monoisotopic (exact) mass is 493 g/mol. The minimum atomic E-state index is -0.776. The van der Waals surface area contributed by atoms with E-state index >= 15 is 0 Å². The summed E-state index contributed by atoms with van der Waals surface area (Å²) in [4.78, 5) is 33.6. The zero-order chi connectivity index (χ0) is 26.2. The van der Waals surface area contributed by atoms with E-state index in [9.17, 15) is 29.8 Å². The molecule has 35 heavy (non-hydrogen) atoms. The number of aliphatic hydroxyl groups excluding tert-OH is 2. The average molecular weight is 494 g/mol. The number of nitrogens with zero attached hydrogens (tertiary/aromatic N) is 1. The third-order valence-electron chi connectivity index (χ3n) is 8.67. The van der Waals surface area contributed by atoms with E-state index in [0.717, 1.165) is 64.2 Å². The van der Waals surface area contributed by atoms with Crippen LogP contribution in [-0.2, 0) is 9.59 Å². The van der Waals surface area contributed by atoms with Crippen molar-refractivity contribution in [3.8, 4) is 0 Å². The fourth-order valence-electron chi connectivity index (χ4n) is 5.90. The van der Waals surface area contributed by atoms with Gasteiger partial charge in [0.05, 0.1) is 17.6 Å². The molecule has 200 valence electrons. The maximum absolute atomic E-state index is 11.7. The third kappa shape index (κ3) is 8.49. The van der Waals surface area contributed by atoms with Crippen molar-refractivity contribution < 1.29 is 24.9 Å². The number of carboxylic acids is 1. The van der Waals surface area contributed by atoms with Gasteiger partial charge in [0.1, 0.15) is 0 Å². The number of carbonyl (C=O) groups is 2. The zero-order valence-electron chi connectivity index (χ0n) is 22.1. The molecule has 0 aliphatic heterocycles. The maximum atomic E-state index is 11.7. The Kier molecular flexibility index (Phi) is 11.1. The lowest BCUT2D eigenvalue weighted by Gasteiger charge is -2.36. The van der Waals surface area contributed by atoms with Crippen LogP contribution in [0.3, 0.4) is 0 Å². The second-order valence-electron chi connectivity index (χ2n) is 12.3. The van der Waals surface area contributed by atoms with Gasteiger partial charge < -0.3 is 15.3 Å². The number of aliphatic hydroxyl groups is 2. The molecule has 0 saturated heterocycles. The number of hydrogen-bond donors (Lipinski definition) is 3. The van der Waals surface area contributed by atoms with Gasteiger partial charge in [0, 0.05) is 22.4 Å². The van der Waals surface area contributed by atoms with Crippen molar-refractivity contribution in [2.24, 2.45) is 39.7 Å². The lowest BCUT2D eigenvalue weighted by molar-refractivity contribution is -0.147. The normalized spacial score (nSPS) is 30.3. The van der Waals surface area contributed by atoms with Crippen molar-refractivity contribution in [2.45, 2.75) is 117 Å². The van der Waals surface area contributed by atoms with Gasteiger partial charge in [-0.15, -0.1) is 4.91 Å². The molecule has 0 aromatic heterocycles. The van der Waals surface area contributed by atoms with Crippen molar-refractivity contribution >= 4 is 11.9 Å². The molecule has 0 spiro atoms. The van der Waals surface area contributed by atoms with Crippen LogP contribution < -0.4 is 0 Å². The Morgan fingerprint density at radius 3 is 1.63 bits per heavy atom. The molecule has 2 aliphatic rings. The average Bonchev–Trinajstić information content (AvgIpc) is 2.80. The van der Waals surface area contributed by atoms with E-state index in [2.05, 4.69) is 17.3 Å². The highest BCUT2D eigenvalue weighted by atomic mass is 16.4. The van der Waals surface area contributed by atoms with Crippen LogP contribution >= 0.6 is 0 Å². The maximum Gasteiger partial charge on any atom is 0.309 e. The second-order valence-corrected chi connectivity index (χ2v) is 12.3. The van der Waals surface area contributed by atoms with Crippen LogP contribution in [0.25, 0.3) is 0 Å². The van der Waals surface area contributed by atoms with E-state index in [1.54, 1.807) is 27.7 Å². The number of nitroso groups, excluding NO2 is 1. The zero-order valence-corrected chi connectivity index (χ0v) is 22.1. The number of carbonyl (C=O) groups excluding carboxylic acids is 1. The molecule has 2 saturated carbocycles. The van der Waals surface area contributed by atoms with E-state index in [1.165, 1.54) is 0 Å². The molecule has 0 aromatic rings. The fraction of sp³-hybridized carbons (Fsp3) is 0.857. The van der Waals surface area contributed by atoms with Crippen LogP contribution in [0.4, 0.5) is 0 Å². The Morgan fingerprint density at radius 1 is 0.800 bits per heavy atom. The molecular formula is C28H47NO6. The van der Waals surface area contributed by atoms with E-state index in [-0.39, 0.29) is 23.7 Å². The summed E-state index contributed by atoms with van der Waals surface area (Å²) in [6, 6.07) is 0. The molecule has 6 unspecified atom stereocenters. The lowest BCUT2D eigenvalue weighted by Crippen LogP contribution is -2.34. The van der Waals surface area contributed by atoms with Crippen molar-refractivity contribution in [3.05, 3.63) is 17.1 Å². The van der Waals surface area contributed by atoms with Crippen molar-refractivity contribution in [3.63, 3.8) is 0 Å². The number of carboxylic acid groups (broad SMARTS) is 1. The largest absolute Gasteiger partial charge is 0.481 e. The number of amides is 1. The quantitative estimate of drug-likeness (QED) is 0.231. The lowest BCUT2D eigenvalue weighted by atomic mass is 9.73. The van der Waals surface area contributed by atoms with Gasteiger partial charge in [-0.25, -0.2) is 0 Å². The predicted molar refractivity (Wildman–Crippen MR) is 137 cm³/mol. The summed E-state index contributed by atoms with van der Waals surface area (Å²) < 4.78 is 0. The molecule has 2 rings (SSSR count). The molecule has 3 N–H and O–H groups in total. The van der Waals surface area contributed by atoms with Crippen molar-refractivity contribution in [2.75, 3.05) is 0 Å². The highest BCUT2D eigenvalue weighted by Crippen LogP contribution is 2.38. The van der Waals surface area contributed by atoms with E-state index in [0.29, 0.717) is 12.8 Å². The highest BCUT2D eigenvalue weighted by molar-refractivity contribution is 5.82. The van der Waals surface area contributed by atoms with E-state index in [4.69, 9.17) is 0 Å². The second kappa shape index (κ2) is 13.1. The van der Waals surface area contributed by atoms with Crippen LogP contribution in [0, 0.1) is 39.4 Å². The molecule has 0 bridgehead atoms. The summed E-state index contributed by atoms with van der Waals surface area (Å²) in [5.74, 6) is -0.867. The van der Waals surface area contributed by atoms with Crippen LogP contribution in [0.15, 0.2) is 17.3 Å². The van der Waals surface area contributed by atoms with Crippen LogP contribution in [0.5, 0.6) is 0 Å². The van der Waals surface area contributed by atoms with Crippen LogP contribution in [-0.4, -0.2) is 39.4 Å². The molecule has 1 amide bonds. The van der Waals surface area contributed by atoms with E-state index in [1.807, 2.05) is 0 Å². The molecule has 0 aromatic carbocycles. The molecule has 6 atom stereocenters. The summed E-state index contributed by atoms with van der Waals surface area (Å²) in [5.41, 5.74) is -1.49.